The minimum atomic E-state index is -5.36. The highest BCUT2D eigenvalue weighted by atomic mass is 31.3. The van der Waals surface area contributed by atoms with Crippen LogP contribution in [0.25, 0.3) is 11.2 Å². The molecule has 0 radical (unpaired) electrons. The summed E-state index contributed by atoms with van der Waals surface area (Å²) in [6.45, 7) is 0. The summed E-state index contributed by atoms with van der Waals surface area (Å²) in [4.78, 5) is 36.9. The summed E-state index contributed by atoms with van der Waals surface area (Å²) in [5, 5.41) is 0. The lowest BCUT2D eigenvalue weighted by molar-refractivity contribution is 0.210. The van der Waals surface area contributed by atoms with Gasteiger partial charge in [-0.3, -0.25) is 0 Å². The van der Waals surface area contributed by atoms with E-state index >= 15 is 0 Å². The van der Waals surface area contributed by atoms with Crippen molar-refractivity contribution >= 4 is 46.8 Å². The van der Waals surface area contributed by atoms with Crippen molar-refractivity contribution in [3.8, 4) is 0 Å². The molecular weight excluding hydrogens is 381 g/mol. The quantitative estimate of drug-likeness (QED) is 0.373. The van der Waals surface area contributed by atoms with Crippen LogP contribution in [0.5, 0.6) is 0 Å². The maximum absolute atomic E-state index is 11.5. The van der Waals surface area contributed by atoms with E-state index in [9.17, 15) is 13.7 Å². The van der Waals surface area contributed by atoms with Crippen LogP contribution in [0.2, 0.25) is 0 Å². The van der Waals surface area contributed by atoms with E-state index in [0.717, 1.165) is 6.33 Å². The third-order valence-corrected chi connectivity index (χ3v) is 5.52. The van der Waals surface area contributed by atoms with Crippen molar-refractivity contribution in [2.75, 3.05) is 11.5 Å². The third kappa shape index (κ3) is 4.70. The number of anilines is 2. The molecule has 2 atom stereocenters. The molecule has 0 aliphatic carbocycles. The maximum Gasteiger partial charge on any atom is 0.488 e. The predicted molar refractivity (Wildman–Crippen MR) is 73.8 cm³/mol. The van der Waals surface area contributed by atoms with Gasteiger partial charge in [0.1, 0.15) is 6.33 Å². The number of nitrogens with two attached hydrogens (primary N) is 2. The summed E-state index contributed by atoms with van der Waals surface area (Å²) in [6.07, 6.45) is 0.938. The number of rotatable bonds is 6. The fourth-order valence-corrected chi connectivity index (χ4v) is 4.02. The number of fused-ring (bicyclic) bond motifs is 1. The van der Waals surface area contributed by atoms with Crippen LogP contribution in [-0.2, 0) is 22.3 Å². The van der Waals surface area contributed by atoms with E-state index in [1.807, 2.05) is 0 Å². The highest BCUT2D eigenvalue weighted by molar-refractivity contribution is 7.64. The Morgan fingerprint density at radius 1 is 1.22 bits per heavy atom. The van der Waals surface area contributed by atoms with Gasteiger partial charge < -0.3 is 30.8 Å². The van der Waals surface area contributed by atoms with Crippen molar-refractivity contribution in [2.45, 2.75) is 0 Å². The summed E-state index contributed by atoms with van der Waals surface area (Å²) >= 11 is 0. The Morgan fingerprint density at radius 2 is 1.87 bits per heavy atom. The van der Waals surface area contributed by atoms with Crippen LogP contribution in [-0.4, -0.2) is 34.4 Å². The molecule has 18 heteroatoms. The van der Waals surface area contributed by atoms with Gasteiger partial charge in [-0.25, -0.2) is 18.7 Å². The highest BCUT2D eigenvalue weighted by Gasteiger charge is 2.35. The van der Waals surface area contributed by atoms with Crippen molar-refractivity contribution in [2.24, 2.45) is 0 Å². The molecule has 0 amide bonds. The van der Waals surface area contributed by atoms with E-state index in [0.29, 0.717) is 4.73 Å². The van der Waals surface area contributed by atoms with Gasteiger partial charge in [0, 0.05) is 0 Å². The summed E-state index contributed by atoms with van der Waals surface area (Å²) < 4.78 is 45.9. The van der Waals surface area contributed by atoms with Crippen molar-refractivity contribution in [3.63, 3.8) is 0 Å². The largest absolute Gasteiger partial charge is 0.488 e. The Kier molecular flexibility index (Phi) is 4.76. The number of nitrogen functional groups attached to an aromatic ring is 2. The number of nitrogens with zero attached hydrogens (tertiary/aromatic N) is 4. The van der Waals surface area contributed by atoms with Gasteiger partial charge in [-0.05, 0) is 0 Å². The van der Waals surface area contributed by atoms with E-state index in [1.165, 1.54) is 0 Å². The van der Waals surface area contributed by atoms with Gasteiger partial charge in [0.05, 0.1) is 0 Å². The number of imidazole rings is 1. The lowest BCUT2D eigenvalue weighted by atomic mass is 10.5. The molecule has 2 aromatic rings. The standard InChI is InChI=1S/C5H9N6O9P3/c6-3-2-4(10-5(7)9-3)11(1-8-2)18-21(12)19-23(16,17)20-22(13,14)15/h1,21H,(H,16,17)(H2,13,14,15)(H4,6,7,9,10). The van der Waals surface area contributed by atoms with Gasteiger partial charge in [-0.15, -0.1) is 4.73 Å². The molecule has 0 saturated carbocycles. The smallest absolute Gasteiger partial charge is 0.382 e. The second-order valence-corrected chi connectivity index (χ2v) is 7.67. The molecule has 0 fully saturated rings. The maximum atomic E-state index is 11.5. The molecule has 2 unspecified atom stereocenters. The highest BCUT2D eigenvalue weighted by Crippen LogP contribution is 2.61. The van der Waals surface area contributed by atoms with Crippen LogP contribution in [0.1, 0.15) is 0 Å². The molecule has 15 nitrogen and oxygen atoms in total. The second-order valence-electron chi connectivity index (χ2n) is 3.68. The first-order valence-corrected chi connectivity index (χ1v) is 9.49. The molecule has 0 spiro atoms. The summed E-state index contributed by atoms with van der Waals surface area (Å²) in [5.41, 5.74) is 10.8. The van der Waals surface area contributed by atoms with Gasteiger partial charge in [0.15, 0.2) is 11.3 Å². The zero-order valence-corrected chi connectivity index (χ0v) is 13.5. The van der Waals surface area contributed by atoms with Crippen molar-refractivity contribution < 1.29 is 41.6 Å². The Labute approximate surface area is 127 Å². The van der Waals surface area contributed by atoms with E-state index in [2.05, 4.69) is 28.2 Å². The van der Waals surface area contributed by atoms with Gasteiger partial charge in [0.2, 0.25) is 11.6 Å². The minimum absolute atomic E-state index is 0.0349. The molecule has 0 aliphatic rings. The molecule has 0 saturated heterocycles. The van der Waals surface area contributed by atoms with E-state index in [1.54, 1.807) is 0 Å². The van der Waals surface area contributed by atoms with Crippen LogP contribution in [0.4, 0.5) is 11.8 Å². The zero-order chi connectivity index (χ0) is 17.4. The number of aromatic nitrogens is 4. The van der Waals surface area contributed by atoms with E-state index < -0.39 is 23.9 Å². The molecule has 2 heterocycles. The first-order chi connectivity index (χ1) is 10.5. The lowest BCUT2D eigenvalue weighted by Gasteiger charge is -2.12. The van der Waals surface area contributed by atoms with Crippen molar-refractivity contribution in [3.05, 3.63) is 6.33 Å². The predicted octanol–water partition coefficient (Wildman–Crippen LogP) is -0.965. The first kappa shape index (κ1) is 17.8. The van der Waals surface area contributed by atoms with Crippen molar-refractivity contribution in [1.82, 2.24) is 19.7 Å². The molecule has 0 aromatic carbocycles. The van der Waals surface area contributed by atoms with E-state index in [-0.39, 0.29) is 22.9 Å². The van der Waals surface area contributed by atoms with Crippen LogP contribution in [0.3, 0.4) is 0 Å². The second kappa shape index (κ2) is 6.15. The molecule has 0 aliphatic heterocycles. The Hall–Kier alpha value is -1.56. The Morgan fingerprint density at radius 3 is 2.48 bits per heavy atom. The molecule has 128 valence electrons. The van der Waals surface area contributed by atoms with Crippen LogP contribution < -0.4 is 16.1 Å². The average molecular weight is 390 g/mol. The first-order valence-electron chi connectivity index (χ1n) is 5.24. The molecule has 23 heavy (non-hydrogen) atoms. The van der Waals surface area contributed by atoms with Crippen LogP contribution in [0.15, 0.2) is 6.33 Å². The monoisotopic (exact) mass is 390 g/mol. The molecule has 2 aromatic heterocycles. The summed E-state index contributed by atoms with van der Waals surface area (Å²) in [7, 11) is -14.5. The van der Waals surface area contributed by atoms with Gasteiger partial charge in [-0.1, -0.05) is 0 Å². The van der Waals surface area contributed by atoms with Gasteiger partial charge in [0.25, 0.3) is 0 Å². The third-order valence-electron chi connectivity index (χ3n) is 1.98. The molecule has 2 rings (SSSR count). The molecular formula is C5H9N6O9P3. The topological polar surface area (TPSA) is 235 Å². The lowest BCUT2D eigenvalue weighted by Crippen LogP contribution is -2.07. The Balaban J connectivity index is 2.18. The number of phosphoric acid groups is 2. The molecule has 7 N–H and O–H groups in total. The Bertz CT molecular complexity index is 861. The fourth-order valence-electron chi connectivity index (χ4n) is 1.33. The van der Waals surface area contributed by atoms with Crippen molar-refractivity contribution in [1.29, 1.82) is 0 Å². The van der Waals surface area contributed by atoms with E-state index in [4.69, 9.17) is 26.1 Å². The SMILES string of the molecule is Nc1nc(N)c2ncn(O[PH](=O)OP(=O)(O)OP(=O)(O)O)c2n1. The normalized spacial score (nSPS) is 16.1. The minimum Gasteiger partial charge on any atom is -0.382 e. The van der Waals surface area contributed by atoms with Gasteiger partial charge >= 0.3 is 23.9 Å². The molecule has 0 bridgehead atoms. The average Bonchev–Trinajstić information content (AvgIpc) is 2.68. The van der Waals surface area contributed by atoms with Crippen LogP contribution in [0, 0.1) is 0 Å². The zero-order valence-electron chi connectivity index (χ0n) is 10.7. The van der Waals surface area contributed by atoms with Gasteiger partial charge in [-0.2, -0.15) is 18.6 Å². The summed E-state index contributed by atoms with van der Waals surface area (Å²) in [6, 6.07) is 0. The number of hydrogen-bond donors (Lipinski definition) is 5. The fraction of sp³-hybridized carbons (Fsp3) is 0. The number of hydrogen-bond acceptors (Lipinski definition) is 11. The summed E-state index contributed by atoms with van der Waals surface area (Å²) in [5.74, 6) is -0.355. The van der Waals surface area contributed by atoms with Crippen LogP contribution >= 0.6 is 23.9 Å².